The molecule has 0 bridgehead atoms. The van der Waals surface area contributed by atoms with Crippen molar-refractivity contribution in [3.63, 3.8) is 0 Å². The second kappa shape index (κ2) is 5.79. The van der Waals surface area contributed by atoms with E-state index in [2.05, 4.69) is 6.58 Å². The number of hydrogen-bond acceptors (Lipinski definition) is 2. The molecule has 0 radical (unpaired) electrons. The Morgan fingerprint density at radius 1 is 1.38 bits per heavy atom. The molecule has 2 nitrogen and oxygen atoms in total. The van der Waals surface area contributed by atoms with Crippen molar-refractivity contribution in [1.82, 2.24) is 0 Å². The largest absolute Gasteiger partial charge is 0.462 e. The van der Waals surface area contributed by atoms with Gasteiger partial charge in [0.05, 0.1) is 0 Å². The minimum absolute atomic E-state index is 0.0631. The quantitative estimate of drug-likeness (QED) is 0.493. The SMILES string of the molecule is C=CCCC(=O)OC1CCCCC1. The van der Waals surface area contributed by atoms with Crippen LogP contribution in [0.2, 0.25) is 0 Å². The zero-order valence-electron chi connectivity index (χ0n) is 8.13. The van der Waals surface area contributed by atoms with Crippen LogP contribution in [0.1, 0.15) is 44.9 Å². The Labute approximate surface area is 80.0 Å². The molecule has 1 rings (SSSR count). The van der Waals surface area contributed by atoms with Crippen LogP contribution in [-0.4, -0.2) is 12.1 Å². The van der Waals surface area contributed by atoms with Gasteiger partial charge in [-0.25, -0.2) is 0 Å². The van der Waals surface area contributed by atoms with Crippen molar-refractivity contribution in [2.45, 2.75) is 51.0 Å². The molecule has 0 aromatic heterocycles. The molecular formula is C11H18O2. The predicted octanol–water partition coefficient (Wildman–Crippen LogP) is 2.83. The van der Waals surface area contributed by atoms with Crippen molar-refractivity contribution in [2.24, 2.45) is 0 Å². The lowest BCUT2D eigenvalue weighted by atomic mass is 9.98. The number of carbonyl (C=O) groups is 1. The first-order valence-electron chi connectivity index (χ1n) is 5.13. The molecule has 0 heterocycles. The van der Waals surface area contributed by atoms with Gasteiger partial charge in [0, 0.05) is 6.42 Å². The van der Waals surface area contributed by atoms with Crippen molar-refractivity contribution in [1.29, 1.82) is 0 Å². The van der Waals surface area contributed by atoms with Gasteiger partial charge in [-0.1, -0.05) is 12.5 Å². The zero-order valence-corrected chi connectivity index (χ0v) is 8.13. The Hall–Kier alpha value is -0.790. The second-order valence-electron chi connectivity index (χ2n) is 3.58. The fraction of sp³-hybridized carbons (Fsp3) is 0.727. The number of carbonyl (C=O) groups excluding carboxylic acids is 1. The summed E-state index contributed by atoms with van der Waals surface area (Å²) in [4.78, 5) is 11.2. The normalized spacial score (nSPS) is 18.2. The van der Waals surface area contributed by atoms with Crippen LogP contribution < -0.4 is 0 Å². The highest BCUT2D eigenvalue weighted by Crippen LogP contribution is 2.20. The topological polar surface area (TPSA) is 26.3 Å². The third kappa shape index (κ3) is 4.11. The summed E-state index contributed by atoms with van der Waals surface area (Å²) in [7, 11) is 0. The van der Waals surface area contributed by atoms with Crippen LogP contribution in [0.5, 0.6) is 0 Å². The Bertz CT molecular complexity index is 169. The van der Waals surface area contributed by atoms with Crippen LogP contribution in [0.15, 0.2) is 12.7 Å². The molecule has 0 aliphatic heterocycles. The van der Waals surface area contributed by atoms with Gasteiger partial charge in [0.15, 0.2) is 0 Å². The van der Waals surface area contributed by atoms with E-state index in [1.54, 1.807) is 6.08 Å². The monoisotopic (exact) mass is 182 g/mol. The lowest BCUT2D eigenvalue weighted by Gasteiger charge is -2.21. The molecule has 1 saturated carbocycles. The molecule has 0 amide bonds. The van der Waals surface area contributed by atoms with E-state index in [1.165, 1.54) is 19.3 Å². The third-order valence-corrected chi connectivity index (χ3v) is 2.40. The summed E-state index contributed by atoms with van der Waals surface area (Å²) in [5.41, 5.74) is 0. The van der Waals surface area contributed by atoms with E-state index >= 15 is 0 Å². The predicted molar refractivity (Wildman–Crippen MR) is 52.4 cm³/mol. The van der Waals surface area contributed by atoms with Crippen molar-refractivity contribution in [2.75, 3.05) is 0 Å². The maximum Gasteiger partial charge on any atom is 0.306 e. The Kier molecular flexibility index (Phi) is 4.58. The van der Waals surface area contributed by atoms with Gasteiger partial charge in [-0.05, 0) is 32.1 Å². The molecule has 0 atom stereocenters. The van der Waals surface area contributed by atoms with Gasteiger partial charge in [0.25, 0.3) is 0 Å². The zero-order chi connectivity index (χ0) is 9.52. The number of ether oxygens (including phenoxy) is 1. The molecule has 13 heavy (non-hydrogen) atoms. The van der Waals surface area contributed by atoms with Gasteiger partial charge >= 0.3 is 5.97 Å². The van der Waals surface area contributed by atoms with Crippen LogP contribution in [0, 0.1) is 0 Å². The maximum absolute atomic E-state index is 11.2. The van der Waals surface area contributed by atoms with E-state index in [0.717, 1.165) is 19.3 Å². The third-order valence-electron chi connectivity index (χ3n) is 2.40. The Morgan fingerprint density at radius 2 is 2.08 bits per heavy atom. The number of allylic oxidation sites excluding steroid dienone is 1. The van der Waals surface area contributed by atoms with E-state index in [0.29, 0.717) is 6.42 Å². The van der Waals surface area contributed by atoms with Crippen LogP contribution >= 0.6 is 0 Å². The lowest BCUT2D eigenvalue weighted by Crippen LogP contribution is -2.20. The Balaban J connectivity index is 2.14. The van der Waals surface area contributed by atoms with Crippen molar-refractivity contribution < 1.29 is 9.53 Å². The standard InChI is InChI=1S/C11H18O2/c1-2-3-9-11(12)13-10-7-5-4-6-8-10/h2,10H,1,3-9H2. The van der Waals surface area contributed by atoms with E-state index in [1.807, 2.05) is 0 Å². The molecule has 0 saturated heterocycles. The highest BCUT2D eigenvalue weighted by molar-refractivity contribution is 5.69. The first-order valence-corrected chi connectivity index (χ1v) is 5.13. The van der Waals surface area contributed by atoms with Crippen molar-refractivity contribution in [3.05, 3.63) is 12.7 Å². The van der Waals surface area contributed by atoms with Gasteiger partial charge in [-0.3, -0.25) is 4.79 Å². The molecule has 0 unspecified atom stereocenters. The molecular weight excluding hydrogens is 164 g/mol. The van der Waals surface area contributed by atoms with E-state index in [4.69, 9.17) is 4.74 Å². The van der Waals surface area contributed by atoms with Gasteiger partial charge in [0.1, 0.15) is 6.10 Å². The molecule has 0 N–H and O–H groups in total. The minimum Gasteiger partial charge on any atom is -0.462 e. The molecule has 0 spiro atoms. The molecule has 74 valence electrons. The molecule has 1 fully saturated rings. The molecule has 0 aromatic rings. The first-order chi connectivity index (χ1) is 6.33. The van der Waals surface area contributed by atoms with Gasteiger partial charge in [-0.2, -0.15) is 0 Å². The van der Waals surface area contributed by atoms with E-state index < -0.39 is 0 Å². The average Bonchev–Trinajstić information content (AvgIpc) is 2.16. The summed E-state index contributed by atoms with van der Waals surface area (Å²) in [6, 6.07) is 0. The van der Waals surface area contributed by atoms with Crippen LogP contribution in [-0.2, 0) is 9.53 Å². The highest BCUT2D eigenvalue weighted by atomic mass is 16.5. The van der Waals surface area contributed by atoms with Crippen molar-refractivity contribution in [3.8, 4) is 0 Å². The fourth-order valence-electron chi connectivity index (χ4n) is 1.65. The molecule has 0 aromatic carbocycles. The first kappa shape index (κ1) is 10.3. The summed E-state index contributed by atoms with van der Waals surface area (Å²) in [6.07, 6.45) is 8.98. The smallest absolute Gasteiger partial charge is 0.306 e. The van der Waals surface area contributed by atoms with E-state index in [-0.39, 0.29) is 12.1 Å². The number of esters is 1. The fourth-order valence-corrected chi connectivity index (χ4v) is 1.65. The minimum atomic E-state index is -0.0631. The summed E-state index contributed by atoms with van der Waals surface area (Å²) >= 11 is 0. The van der Waals surface area contributed by atoms with Gasteiger partial charge in [0.2, 0.25) is 0 Å². The number of rotatable bonds is 4. The summed E-state index contributed by atoms with van der Waals surface area (Å²) in [5.74, 6) is -0.0631. The second-order valence-corrected chi connectivity index (χ2v) is 3.58. The van der Waals surface area contributed by atoms with Crippen LogP contribution in [0.4, 0.5) is 0 Å². The Morgan fingerprint density at radius 3 is 2.69 bits per heavy atom. The molecule has 1 aliphatic carbocycles. The van der Waals surface area contributed by atoms with Crippen molar-refractivity contribution >= 4 is 5.97 Å². The number of hydrogen-bond donors (Lipinski definition) is 0. The molecule has 1 aliphatic rings. The maximum atomic E-state index is 11.2. The van der Waals surface area contributed by atoms with Gasteiger partial charge < -0.3 is 4.74 Å². The summed E-state index contributed by atoms with van der Waals surface area (Å²) in [5, 5.41) is 0. The van der Waals surface area contributed by atoms with Crippen LogP contribution in [0.3, 0.4) is 0 Å². The van der Waals surface area contributed by atoms with Gasteiger partial charge in [-0.15, -0.1) is 6.58 Å². The van der Waals surface area contributed by atoms with Crippen LogP contribution in [0.25, 0.3) is 0 Å². The summed E-state index contributed by atoms with van der Waals surface area (Å²) in [6.45, 7) is 3.57. The molecule has 2 heteroatoms. The highest BCUT2D eigenvalue weighted by Gasteiger charge is 2.16. The van der Waals surface area contributed by atoms with E-state index in [9.17, 15) is 4.79 Å². The average molecular weight is 182 g/mol. The summed E-state index contributed by atoms with van der Waals surface area (Å²) < 4.78 is 5.31. The lowest BCUT2D eigenvalue weighted by molar-refractivity contribution is -0.150.